The van der Waals surface area contributed by atoms with E-state index in [4.69, 9.17) is 0 Å². The Bertz CT molecular complexity index is 597. The Balaban J connectivity index is 2.38. The average Bonchev–Trinajstić information content (AvgIpc) is 2.61. The Hall–Kier alpha value is -2.28. The van der Waals surface area contributed by atoms with Crippen molar-refractivity contribution in [3.63, 3.8) is 0 Å². The first-order valence-electron chi connectivity index (χ1n) is 9.28. The summed E-state index contributed by atoms with van der Waals surface area (Å²) < 4.78 is 0. The normalized spacial score (nSPS) is 11.6. The van der Waals surface area contributed by atoms with Crippen molar-refractivity contribution >= 4 is 11.5 Å². The topological polar surface area (TPSA) is 73.1 Å². The van der Waals surface area contributed by atoms with Crippen molar-refractivity contribution in [1.29, 1.82) is 5.26 Å². The van der Waals surface area contributed by atoms with Crippen LogP contribution in [0.3, 0.4) is 0 Å². The van der Waals surface area contributed by atoms with Gasteiger partial charge in [0.15, 0.2) is 0 Å². The number of hydrogen-bond acceptors (Lipinski definition) is 3. The summed E-state index contributed by atoms with van der Waals surface area (Å²) >= 11 is 0. The highest BCUT2D eigenvalue weighted by Gasteiger charge is 2.13. The number of nitrogens with zero attached hydrogens (tertiary/aromatic N) is 1. The number of benzene rings is 1. The van der Waals surface area contributed by atoms with Gasteiger partial charge in [-0.3, -0.25) is 4.79 Å². The lowest BCUT2D eigenvalue weighted by Crippen LogP contribution is -2.26. The minimum absolute atomic E-state index is 0.130. The van der Waals surface area contributed by atoms with Gasteiger partial charge in [-0.05, 0) is 36.6 Å². The van der Waals surface area contributed by atoms with Gasteiger partial charge in [-0.15, -0.1) is 0 Å². The molecule has 2 N–H and O–H groups in total. The summed E-state index contributed by atoms with van der Waals surface area (Å²) in [6.07, 6.45) is 9.72. The van der Waals surface area contributed by atoms with Gasteiger partial charge in [0.05, 0.1) is 0 Å². The van der Waals surface area contributed by atoms with E-state index < -0.39 is 0 Å². The highest BCUT2D eigenvalue weighted by Crippen LogP contribution is 2.20. The summed E-state index contributed by atoms with van der Waals surface area (Å²) in [5.41, 5.74) is 1.51. The fraction of sp³-hybridized carbons (Fsp3) is 0.524. The molecule has 0 aliphatic heterocycles. The van der Waals surface area contributed by atoms with E-state index in [1.165, 1.54) is 38.5 Å². The van der Waals surface area contributed by atoms with Crippen molar-refractivity contribution in [2.24, 2.45) is 0 Å². The van der Waals surface area contributed by atoms with Crippen LogP contribution in [0.15, 0.2) is 29.8 Å². The van der Waals surface area contributed by atoms with Crippen LogP contribution < -0.4 is 5.32 Å². The number of hydrogen-bond donors (Lipinski definition) is 2. The van der Waals surface area contributed by atoms with E-state index in [0.717, 1.165) is 18.4 Å². The quantitative estimate of drug-likeness (QED) is 0.339. The van der Waals surface area contributed by atoms with Gasteiger partial charge in [0.25, 0.3) is 5.91 Å². The third-order valence-corrected chi connectivity index (χ3v) is 4.33. The van der Waals surface area contributed by atoms with Crippen LogP contribution in [0.2, 0.25) is 0 Å². The smallest absolute Gasteiger partial charge is 0.262 e. The van der Waals surface area contributed by atoms with Crippen LogP contribution in [0.1, 0.15) is 70.8 Å². The fourth-order valence-electron chi connectivity index (χ4n) is 2.71. The third kappa shape index (κ3) is 7.89. The molecule has 0 fully saturated rings. The largest absolute Gasteiger partial charge is 0.508 e. The van der Waals surface area contributed by atoms with E-state index in [-0.39, 0.29) is 17.2 Å². The number of amides is 1. The maximum absolute atomic E-state index is 12.2. The van der Waals surface area contributed by atoms with Crippen LogP contribution in [-0.2, 0) is 4.79 Å². The number of aromatic hydroxyl groups is 1. The Morgan fingerprint density at radius 3 is 2.16 bits per heavy atom. The zero-order valence-electron chi connectivity index (χ0n) is 15.5. The molecule has 0 spiro atoms. The lowest BCUT2D eigenvalue weighted by Gasteiger charge is -2.08. The standard InChI is InChI=1S/C21H30N2O2/c1-3-4-5-6-7-8-9-10-15-23-21(25)20(16-22)17(2)18-11-13-19(24)14-12-18/h11-14,24H,3-10,15H2,1-2H3,(H,23,25). The molecule has 4 heteroatoms. The van der Waals surface area contributed by atoms with Crippen molar-refractivity contribution in [2.75, 3.05) is 6.54 Å². The van der Waals surface area contributed by atoms with Gasteiger partial charge in [-0.25, -0.2) is 0 Å². The first kappa shape index (κ1) is 20.8. The second kappa shape index (κ2) is 12.1. The number of nitrogens with one attached hydrogen (secondary N) is 1. The van der Waals surface area contributed by atoms with Gasteiger partial charge in [0.2, 0.25) is 0 Å². The van der Waals surface area contributed by atoms with Crippen molar-refractivity contribution < 1.29 is 9.90 Å². The average molecular weight is 342 g/mol. The number of phenolic OH excluding ortho intramolecular Hbond substituents is 1. The highest BCUT2D eigenvalue weighted by atomic mass is 16.3. The van der Waals surface area contributed by atoms with Crippen LogP contribution in [0.5, 0.6) is 5.75 Å². The Kier molecular flexibility index (Phi) is 10.1. The van der Waals surface area contributed by atoms with Gasteiger partial charge in [-0.1, -0.05) is 64.0 Å². The zero-order chi connectivity index (χ0) is 18.5. The number of allylic oxidation sites excluding steroid dienone is 1. The number of rotatable bonds is 11. The van der Waals surface area contributed by atoms with E-state index in [2.05, 4.69) is 12.2 Å². The molecule has 136 valence electrons. The maximum atomic E-state index is 12.2. The summed E-state index contributed by atoms with van der Waals surface area (Å²) in [6, 6.07) is 8.50. The van der Waals surface area contributed by atoms with E-state index >= 15 is 0 Å². The molecule has 1 amide bonds. The molecule has 0 atom stereocenters. The summed E-state index contributed by atoms with van der Waals surface area (Å²) in [7, 11) is 0. The minimum atomic E-state index is -0.323. The summed E-state index contributed by atoms with van der Waals surface area (Å²) in [6.45, 7) is 4.57. The number of unbranched alkanes of at least 4 members (excludes halogenated alkanes) is 7. The molecular weight excluding hydrogens is 312 g/mol. The Labute approximate surface area is 151 Å². The SMILES string of the molecule is CCCCCCCCCCNC(=O)C(C#N)=C(C)c1ccc(O)cc1. The number of carbonyl (C=O) groups is 1. The number of nitriles is 1. The molecule has 1 rings (SSSR count). The molecule has 1 aromatic carbocycles. The lowest BCUT2D eigenvalue weighted by molar-refractivity contribution is -0.117. The first-order chi connectivity index (χ1) is 12.1. The van der Waals surface area contributed by atoms with E-state index in [1.54, 1.807) is 31.2 Å². The van der Waals surface area contributed by atoms with Gasteiger partial charge >= 0.3 is 0 Å². The highest BCUT2D eigenvalue weighted by molar-refractivity contribution is 6.04. The summed E-state index contributed by atoms with van der Waals surface area (Å²) in [4.78, 5) is 12.2. The van der Waals surface area contributed by atoms with Crippen molar-refractivity contribution in [3.05, 3.63) is 35.4 Å². The van der Waals surface area contributed by atoms with Gasteiger partial charge in [0.1, 0.15) is 17.4 Å². The van der Waals surface area contributed by atoms with E-state index in [1.807, 2.05) is 6.07 Å². The summed E-state index contributed by atoms with van der Waals surface area (Å²) in [5.74, 6) is -0.162. The first-order valence-corrected chi connectivity index (χ1v) is 9.28. The van der Waals surface area contributed by atoms with Gasteiger partial charge in [-0.2, -0.15) is 5.26 Å². The molecule has 4 nitrogen and oxygen atoms in total. The van der Waals surface area contributed by atoms with Crippen LogP contribution >= 0.6 is 0 Å². The molecule has 0 aliphatic carbocycles. The van der Waals surface area contributed by atoms with Gasteiger partial charge in [0, 0.05) is 6.54 Å². The van der Waals surface area contributed by atoms with Crippen LogP contribution in [0.4, 0.5) is 0 Å². The second-order valence-corrected chi connectivity index (χ2v) is 6.39. The van der Waals surface area contributed by atoms with Crippen LogP contribution in [-0.4, -0.2) is 17.6 Å². The molecule has 0 unspecified atom stereocenters. The van der Waals surface area contributed by atoms with E-state index in [0.29, 0.717) is 12.1 Å². The predicted molar refractivity (Wildman–Crippen MR) is 102 cm³/mol. The molecule has 0 heterocycles. The maximum Gasteiger partial charge on any atom is 0.262 e. The number of carbonyl (C=O) groups excluding carboxylic acids is 1. The molecule has 25 heavy (non-hydrogen) atoms. The van der Waals surface area contributed by atoms with Crippen molar-refractivity contribution in [1.82, 2.24) is 5.32 Å². The zero-order valence-corrected chi connectivity index (χ0v) is 15.5. The lowest BCUT2D eigenvalue weighted by atomic mass is 10.0. The molecule has 0 bridgehead atoms. The predicted octanol–water partition coefficient (Wildman–Crippen LogP) is 4.95. The third-order valence-electron chi connectivity index (χ3n) is 4.33. The van der Waals surface area contributed by atoms with Crippen LogP contribution in [0.25, 0.3) is 5.57 Å². The molecule has 0 saturated carbocycles. The van der Waals surface area contributed by atoms with E-state index in [9.17, 15) is 15.2 Å². The molecule has 0 saturated heterocycles. The molecule has 0 aliphatic rings. The number of phenols is 1. The fourth-order valence-corrected chi connectivity index (χ4v) is 2.71. The van der Waals surface area contributed by atoms with Crippen molar-refractivity contribution in [2.45, 2.75) is 65.2 Å². The Morgan fingerprint density at radius 2 is 1.60 bits per heavy atom. The Morgan fingerprint density at radius 1 is 1.04 bits per heavy atom. The molecule has 0 radical (unpaired) electrons. The minimum Gasteiger partial charge on any atom is -0.508 e. The molecular formula is C21H30N2O2. The van der Waals surface area contributed by atoms with Crippen molar-refractivity contribution in [3.8, 4) is 11.8 Å². The molecule has 1 aromatic rings. The van der Waals surface area contributed by atoms with Crippen LogP contribution in [0, 0.1) is 11.3 Å². The monoisotopic (exact) mass is 342 g/mol. The summed E-state index contributed by atoms with van der Waals surface area (Å²) in [5, 5.41) is 21.5. The second-order valence-electron chi connectivity index (χ2n) is 6.39. The molecule has 0 aromatic heterocycles. The van der Waals surface area contributed by atoms with Gasteiger partial charge < -0.3 is 10.4 Å².